The van der Waals surface area contributed by atoms with Crippen LogP contribution in [0.1, 0.15) is 24.2 Å². The van der Waals surface area contributed by atoms with Crippen molar-refractivity contribution >= 4 is 17.7 Å². The normalized spacial score (nSPS) is 18.7. The average Bonchev–Trinajstić information content (AvgIpc) is 2.27. The lowest BCUT2D eigenvalue weighted by molar-refractivity contribution is 0.0743. The maximum atomic E-state index is 13.6. The topological polar surface area (TPSA) is 40.5 Å². The lowest BCUT2D eigenvalue weighted by Crippen LogP contribution is -2.46. The summed E-state index contributed by atoms with van der Waals surface area (Å²) >= 11 is 1.82. The second-order valence-corrected chi connectivity index (χ2v) is 6.80. The summed E-state index contributed by atoms with van der Waals surface area (Å²) in [6.07, 6.45) is 0. The molecule has 1 saturated heterocycles. The van der Waals surface area contributed by atoms with Crippen LogP contribution in [0.2, 0.25) is 0 Å². The summed E-state index contributed by atoms with van der Waals surface area (Å²) in [5, 5.41) is 9.14. The van der Waals surface area contributed by atoms with Crippen molar-refractivity contribution in [3.63, 3.8) is 0 Å². The molecule has 1 N–H and O–H groups in total. The van der Waals surface area contributed by atoms with Gasteiger partial charge < -0.3 is 10.0 Å². The van der Waals surface area contributed by atoms with Crippen molar-refractivity contribution in [3.05, 3.63) is 29.6 Å². The quantitative estimate of drug-likeness (QED) is 0.851. The maximum Gasteiger partial charge on any atom is 0.256 e. The van der Waals surface area contributed by atoms with E-state index in [-0.39, 0.29) is 22.0 Å². The van der Waals surface area contributed by atoms with Gasteiger partial charge in [0.25, 0.3) is 5.91 Å². The van der Waals surface area contributed by atoms with Gasteiger partial charge in [-0.2, -0.15) is 11.8 Å². The van der Waals surface area contributed by atoms with E-state index in [0.717, 1.165) is 11.8 Å². The van der Waals surface area contributed by atoms with Gasteiger partial charge in [0.1, 0.15) is 11.6 Å². The number of carbonyl (C=O) groups is 1. The summed E-state index contributed by atoms with van der Waals surface area (Å²) in [6, 6.07) is 3.64. The van der Waals surface area contributed by atoms with Gasteiger partial charge >= 0.3 is 0 Å². The molecule has 1 aromatic rings. The van der Waals surface area contributed by atoms with E-state index in [1.165, 1.54) is 12.1 Å². The monoisotopic (exact) mass is 269 g/mol. The van der Waals surface area contributed by atoms with Crippen LogP contribution >= 0.6 is 11.8 Å². The molecule has 0 atom stereocenters. The number of hydrogen-bond acceptors (Lipinski definition) is 3. The highest BCUT2D eigenvalue weighted by Crippen LogP contribution is 2.30. The van der Waals surface area contributed by atoms with Crippen LogP contribution in [0.4, 0.5) is 4.39 Å². The third-order valence-corrected chi connectivity index (χ3v) is 4.19. The first-order valence-electron chi connectivity index (χ1n) is 5.81. The summed E-state index contributed by atoms with van der Waals surface area (Å²) in [5.41, 5.74) is 0.0236. The molecule has 98 valence electrons. The molecular weight excluding hydrogens is 253 g/mol. The molecule has 1 aliphatic heterocycles. The Labute approximate surface area is 110 Å². The molecule has 0 bridgehead atoms. The Bertz CT molecular complexity index is 476. The standard InChI is InChI=1S/C13H16FNO2S/c1-13(2)8-15(5-6-18-13)12(17)10-4-3-9(16)7-11(10)14/h3-4,7,16H,5-6,8H2,1-2H3. The fourth-order valence-corrected chi connectivity index (χ4v) is 3.15. The van der Waals surface area contributed by atoms with Gasteiger partial charge in [-0.15, -0.1) is 0 Å². The Morgan fingerprint density at radius 2 is 2.22 bits per heavy atom. The van der Waals surface area contributed by atoms with Gasteiger partial charge in [-0.25, -0.2) is 4.39 Å². The van der Waals surface area contributed by atoms with Crippen LogP contribution in [-0.2, 0) is 0 Å². The number of carbonyl (C=O) groups excluding carboxylic acids is 1. The summed E-state index contributed by atoms with van der Waals surface area (Å²) in [7, 11) is 0. The van der Waals surface area contributed by atoms with Crippen molar-refractivity contribution in [1.29, 1.82) is 0 Å². The van der Waals surface area contributed by atoms with E-state index in [9.17, 15) is 9.18 Å². The summed E-state index contributed by atoms with van der Waals surface area (Å²) in [5.74, 6) is -0.284. The van der Waals surface area contributed by atoms with Gasteiger partial charge in [0.2, 0.25) is 0 Å². The minimum Gasteiger partial charge on any atom is -0.508 e. The number of phenols is 1. The smallest absolute Gasteiger partial charge is 0.256 e. The summed E-state index contributed by atoms with van der Waals surface area (Å²) in [4.78, 5) is 13.9. The molecule has 2 rings (SSSR count). The number of benzene rings is 1. The van der Waals surface area contributed by atoms with E-state index >= 15 is 0 Å². The van der Waals surface area contributed by atoms with Crippen LogP contribution in [0.3, 0.4) is 0 Å². The molecule has 0 aromatic heterocycles. The van der Waals surface area contributed by atoms with Crippen molar-refractivity contribution in [1.82, 2.24) is 4.90 Å². The molecule has 1 aliphatic rings. The lowest BCUT2D eigenvalue weighted by Gasteiger charge is -2.37. The van der Waals surface area contributed by atoms with Crippen molar-refractivity contribution in [2.75, 3.05) is 18.8 Å². The van der Waals surface area contributed by atoms with Gasteiger partial charge in [-0.05, 0) is 26.0 Å². The SMILES string of the molecule is CC1(C)CN(C(=O)c2ccc(O)cc2F)CCS1. The van der Waals surface area contributed by atoms with E-state index in [2.05, 4.69) is 13.8 Å². The molecule has 1 fully saturated rings. The van der Waals surface area contributed by atoms with Gasteiger partial charge in [-0.3, -0.25) is 4.79 Å². The minimum atomic E-state index is -0.670. The molecule has 0 saturated carbocycles. The number of thioether (sulfide) groups is 1. The van der Waals surface area contributed by atoms with Gasteiger partial charge in [0.15, 0.2) is 0 Å². The number of nitrogens with zero attached hydrogens (tertiary/aromatic N) is 1. The van der Waals surface area contributed by atoms with E-state index < -0.39 is 5.82 Å². The third-order valence-electron chi connectivity index (χ3n) is 2.90. The van der Waals surface area contributed by atoms with Crippen LogP contribution in [0.5, 0.6) is 5.75 Å². The zero-order valence-corrected chi connectivity index (χ0v) is 11.3. The van der Waals surface area contributed by atoms with E-state index in [4.69, 9.17) is 5.11 Å². The fraction of sp³-hybridized carbons (Fsp3) is 0.462. The van der Waals surface area contributed by atoms with Crippen molar-refractivity contribution in [2.45, 2.75) is 18.6 Å². The van der Waals surface area contributed by atoms with Crippen LogP contribution in [-0.4, -0.2) is 39.5 Å². The first-order chi connectivity index (χ1) is 8.39. The van der Waals surface area contributed by atoms with Gasteiger partial charge in [0, 0.05) is 29.7 Å². The number of hydrogen-bond donors (Lipinski definition) is 1. The molecule has 0 spiro atoms. The molecule has 0 aliphatic carbocycles. The number of halogens is 1. The van der Waals surface area contributed by atoms with Gasteiger partial charge in [-0.1, -0.05) is 0 Å². The Kier molecular flexibility index (Phi) is 3.52. The molecule has 3 nitrogen and oxygen atoms in total. The molecule has 5 heteroatoms. The van der Waals surface area contributed by atoms with Crippen molar-refractivity contribution in [2.24, 2.45) is 0 Å². The Balaban J connectivity index is 2.20. The van der Waals surface area contributed by atoms with Crippen molar-refractivity contribution in [3.8, 4) is 5.75 Å². The Morgan fingerprint density at radius 3 is 2.83 bits per heavy atom. The molecule has 0 radical (unpaired) electrons. The fourth-order valence-electron chi connectivity index (χ4n) is 2.04. The number of rotatable bonds is 1. The first kappa shape index (κ1) is 13.2. The van der Waals surface area contributed by atoms with E-state index in [0.29, 0.717) is 13.1 Å². The van der Waals surface area contributed by atoms with Crippen molar-refractivity contribution < 1.29 is 14.3 Å². The van der Waals surface area contributed by atoms with Crippen LogP contribution < -0.4 is 0 Å². The van der Waals surface area contributed by atoms with E-state index in [1.807, 2.05) is 11.8 Å². The Hall–Kier alpha value is -1.23. The third kappa shape index (κ3) is 2.77. The van der Waals surface area contributed by atoms with Gasteiger partial charge in [0.05, 0.1) is 5.56 Å². The molecule has 1 aromatic carbocycles. The number of aromatic hydroxyl groups is 1. The van der Waals surface area contributed by atoms with E-state index in [1.54, 1.807) is 4.90 Å². The molecule has 1 heterocycles. The zero-order valence-electron chi connectivity index (χ0n) is 10.4. The largest absolute Gasteiger partial charge is 0.508 e. The number of phenolic OH excluding ortho intramolecular Hbond substituents is 1. The Morgan fingerprint density at radius 1 is 1.50 bits per heavy atom. The summed E-state index contributed by atoms with van der Waals surface area (Å²) in [6.45, 7) is 5.39. The molecule has 18 heavy (non-hydrogen) atoms. The predicted molar refractivity (Wildman–Crippen MR) is 70.5 cm³/mol. The summed E-state index contributed by atoms with van der Waals surface area (Å²) < 4.78 is 13.6. The highest BCUT2D eigenvalue weighted by Gasteiger charge is 2.31. The molecular formula is C13H16FNO2S. The first-order valence-corrected chi connectivity index (χ1v) is 6.79. The van der Waals surface area contributed by atoms with Crippen LogP contribution in [0.25, 0.3) is 0 Å². The lowest BCUT2D eigenvalue weighted by atomic mass is 10.1. The maximum absolute atomic E-state index is 13.6. The highest BCUT2D eigenvalue weighted by molar-refractivity contribution is 8.00. The average molecular weight is 269 g/mol. The zero-order chi connectivity index (χ0) is 13.3. The second kappa shape index (κ2) is 4.80. The van der Waals surface area contributed by atoms with Crippen LogP contribution in [0, 0.1) is 5.82 Å². The molecule has 0 unspecified atom stereocenters. The highest BCUT2D eigenvalue weighted by atomic mass is 32.2. The number of amides is 1. The predicted octanol–water partition coefficient (Wildman–Crippen LogP) is 2.50. The molecule has 1 amide bonds. The second-order valence-electron chi connectivity index (χ2n) is 5.00. The van der Waals surface area contributed by atoms with Crippen LogP contribution in [0.15, 0.2) is 18.2 Å². The minimum absolute atomic E-state index is 0.00130.